The maximum Gasteiger partial charge on any atom is 0.352 e. The summed E-state index contributed by atoms with van der Waals surface area (Å²) in [4.78, 5) is 48.4. The fraction of sp³-hybridized carbons (Fsp3) is 0.400. The number of carboxylic acids is 1. The summed E-state index contributed by atoms with van der Waals surface area (Å²) >= 11 is 1.30. The zero-order chi connectivity index (χ0) is 19.0. The topological polar surface area (TPSA) is 131 Å². The van der Waals surface area contributed by atoms with Crippen molar-refractivity contribution < 1.29 is 29.0 Å². The Morgan fingerprint density at radius 3 is 2.77 bits per heavy atom. The molecule has 1 saturated heterocycles. The largest absolute Gasteiger partial charge is 0.477 e. The summed E-state index contributed by atoms with van der Waals surface area (Å²) in [5.74, 6) is -2.51. The predicted octanol–water partition coefficient (Wildman–Crippen LogP) is -0.665. The first kappa shape index (κ1) is 18.0. The van der Waals surface area contributed by atoms with Gasteiger partial charge in [-0.25, -0.2) is 4.79 Å². The number of aromatic nitrogens is 2. The van der Waals surface area contributed by atoms with E-state index in [1.165, 1.54) is 35.6 Å². The zero-order valence-electron chi connectivity index (χ0n) is 14.0. The Morgan fingerprint density at radius 2 is 2.19 bits per heavy atom. The van der Waals surface area contributed by atoms with Crippen LogP contribution in [0.2, 0.25) is 0 Å². The molecule has 0 radical (unpaired) electrons. The fourth-order valence-electron chi connectivity index (χ4n) is 2.79. The van der Waals surface area contributed by atoms with Gasteiger partial charge in [-0.2, -0.15) is 5.10 Å². The molecule has 2 N–H and O–H groups in total. The van der Waals surface area contributed by atoms with E-state index in [9.17, 15) is 24.3 Å². The van der Waals surface area contributed by atoms with Gasteiger partial charge in [-0.05, 0) is 6.07 Å². The van der Waals surface area contributed by atoms with Crippen LogP contribution in [-0.2, 0) is 26.2 Å². The number of ether oxygens (including phenoxy) is 1. The van der Waals surface area contributed by atoms with Crippen LogP contribution in [-0.4, -0.2) is 67.3 Å². The second-order valence-electron chi connectivity index (χ2n) is 5.74. The summed E-state index contributed by atoms with van der Waals surface area (Å²) in [7, 11) is 1.60. The number of nitrogens with zero attached hydrogens (tertiary/aromatic N) is 3. The average Bonchev–Trinajstić information content (AvgIpc) is 3.02. The minimum absolute atomic E-state index is 0.188. The van der Waals surface area contributed by atoms with Crippen LogP contribution in [0.4, 0.5) is 0 Å². The summed E-state index contributed by atoms with van der Waals surface area (Å²) in [5.41, 5.74) is 0.450. The lowest BCUT2D eigenvalue weighted by molar-refractivity contribution is -0.149. The number of thioether (sulfide) groups is 1. The van der Waals surface area contributed by atoms with Gasteiger partial charge < -0.3 is 15.2 Å². The molecule has 0 aliphatic carbocycles. The van der Waals surface area contributed by atoms with Gasteiger partial charge in [0.05, 0.1) is 0 Å². The summed E-state index contributed by atoms with van der Waals surface area (Å²) in [6.07, 6.45) is 1.46. The second kappa shape index (κ2) is 6.83. The van der Waals surface area contributed by atoms with Crippen LogP contribution in [0.15, 0.2) is 23.5 Å². The monoisotopic (exact) mass is 380 g/mol. The van der Waals surface area contributed by atoms with E-state index in [0.717, 1.165) is 4.90 Å². The van der Waals surface area contributed by atoms with E-state index in [-0.39, 0.29) is 18.1 Å². The third-order valence-corrected chi connectivity index (χ3v) is 5.38. The van der Waals surface area contributed by atoms with Crippen molar-refractivity contribution in [3.63, 3.8) is 0 Å². The molecule has 0 aromatic carbocycles. The number of hydrogen-bond donors (Lipinski definition) is 2. The number of carbonyl (C=O) groups excluding carboxylic acids is 3. The third-order valence-electron chi connectivity index (χ3n) is 4.04. The molecule has 10 nitrogen and oxygen atoms in total. The number of amides is 2. The Balaban J connectivity index is 1.77. The number of fused-ring (bicyclic) bond motifs is 1. The number of aryl methyl sites for hydroxylation is 1. The normalized spacial score (nSPS) is 21.8. The van der Waals surface area contributed by atoms with E-state index >= 15 is 0 Å². The summed E-state index contributed by atoms with van der Waals surface area (Å²) in [6, 6.07) is 0.691. The molecule has 2 aliphatic heterocycles. The highest BCUT2D eigenvalue weighted by Crippen LogP contribution is 2.40. The molecule has 0 unspecified atom stereocenters. The van der Waals surface area contributed by atoms with Gasteiger partial charge in [0.15, 0.2) is 0 Å². The molecule has 2 atom stereocenters. The SMILES string of the molecule is CC(=O)OCC1=C(C(=O)O)N2C(=O)[C@@H](NC(=O)c3ccnn3C)[C@@H]2SC1. The number of esters is 1. The van der Waals surface area contributed by atoms with Crippen LogP contribution in [0, 0.1) is 0 Å². The van der Waals surface area contributed by atoms with Gasteiger partial charge in [-0.15, -0.1) is 11.8 Å². The molecule has 1 aromatic rings. The molecule has 1 aromatic heterocycles. The van der Waals surface area contributed by atoms with Crippen molar-refractivity contribution >= 4 is 35.5 Å². The standard InChI is InChI=1S/C15H16N4O6S/c1-7(20)25-5-8-6-26-14-10(13(22)19(14)11(8)15(23)24)17-12(21)9-3-4-16-18(9)2/h3-4,10,14H,5-6H2,1-2H3,(H,17,21)(H,23,24)/t10-,14+/m1/s1. The van der Waals surface area contributed by atoms with Crippen molar-refractivity contribution in [2.75, 3.05) is 12.4 Å². The second-order valence-corrected chi connectivity index (χ2v) is 6.84. The number of rotatable bonds is 5. The predicted molar refractivity (Wildman–Crippen MR) is 88.8 cm³/mol. The van der Waals surface area contributed by atoms with Crippen molar-refractivity contribution in [2.45, 2.75) is 18.3 Å². The lowest BCUT2D eigenvalue weighted by atomic mass is 10.0. The molecular formula is C15H16N4O6S. The quantitative estimate of drug-likeness (QED) is 0.508. The van der Waals surface area contributed by atoms with Crippen LogP contribution in [0.3, 0.4) is 0 Å². The maximum atomic E-state index is 12.5. The van der Waals surface area contributed by atoms with Crippen LogP contribution in [0.25, 0.3) is 0 Å². The lowest BCUT2D eigenvalue weighted by Gasteiger charge is -2.49. The molecular weight excluding hydrogens is 364 g/mol. The molecule has 0 spiro atoms. The van der Waals surface area contributed by atoms with E-state index in [1.807, 2.05) is 0 Å². The van der Waals surface area contributed by atoms with Crippen LogP contribution < -0.4 is 5.32 Å². The van der Waals surface area contributed by atoms with Gasteiger partial charge >= 0.3 is 11.9 Å². The first-order valence-electron chi connectivity index (χ1n) is 7.63. The number of nitrogens with one attached hydrogen (secondary N) is 1. The van der Waals surface area contributed by atoms with Crippen LogP contribution in [0.5, 0.6) is 0 Å². The van der Waals surface area contributed by atoms with Crippen molar-refractivity contribution in [1.29, 1.82) is 0 Å². The smallest absolute Gasteiger partial charge is 0.352 e. The van der Waals surface area contributed by atoms with E-state index in [0.29, 0.717) is 11.3 Å². The summed E-state index contributed by atoms with van der Waals surface area (Å²) < 4.78 is 6.25. The zero-order valence-corrected chi connectivity index (χ0v) is 14.8. The van der Waals surface area contributed by atoms with Crippen LogP contribution >= 0.6 is 11.8 Å². The van der Waals surface area contributed by atoms with Crippen molar-refractivity contribution in [3.05, 3.63) is 29.2 Å². The fourth-order valence-corrected chi connectivity index (χ4v) is 4.12. The van der Waals surface area contributed by atoms with Crippen LogP contribution in [0.1, 0.15) is 17.4 Å². The van der Waals surface area contributed by atoms with Gasteiger partial charge in [-0.3, -0.25) is 24.0 Å². The Hall–Kier alpha value is -2.82. The van der Waals surface area contributed by atoms with Gasteiger partial charge in [0.2, 0.25) is 0 Å². The number of aliphatic carboxylic acids is 1. The molecule has 1 fully saturated rings. The Labute approximate surface area is 152 Å². The molecule has 26 heavy (non-hydrogen) atoms. The first-order valence-corrected chi connectivity index (χ1v) is 8.68. The first-order chi connectivity index (χ1) is 12.3. The molecule has 3 rings (SSSR count). The highest BCUT2D eigenvalue weighted by molar-refractivity contribution is 8.00. The van der Waals surface area contributed by atoms with Crippen molar-refractivity contribution in [2.24, 2.45) is 7.05 Å². The van der Waals surface area contributed by atoms with E-state index in [4.69, 9.17) is 4.74 Å². The van der Waals surface area contributed by atoms with Gasteiger partial charge in [0.25, 0.3) is 11.8 Å². The molecule has 0 saturated carbocycles. The highest BCUT2D eigenvalue weighted by atomic mass is 32.2. The third kappa shape index (κ3) is 3.05. The van der Waals surface area contributed by atoms with Crippen molar-refractivity contribution in [3.8, 4) is 0 Å². The van der Waals surface area contributed by atoms with E-state index in [1.54, 1.807) is 7.05 Å². The number of hydrogen-bond acceptors (Lipinski definition) is 7. The van der Waals surface area contributed by atoms with Gasteiger partial charge in [0.1, 0.15) is 29.4 Å². The number of β-lactam (4-membered cyclic amide) rings is 1. The Bertz CT molecular complexity index is 832. The van der Waals surface area contributed by atoms with Gasteiger partial charge in [-0.1, -0.05) is 0 Å². The molecule has 11 heteroatoms. The van der Waals surface area contributed by atoms with Gasteiger partial charge in [0, 0.05) is 31.5 Å². The van der Waals surface area contributed by atoms with E-state index < -0.39 is 35.2 Å². The Morgan fingerprint density at radius 1 is 1.46 bits per heavy atom. The summed E-state index contributed by atoms with van der Waals surface area (Å²) in [6.45, 7) is 1.03. The summed E-state index contributed by atoms with van der Waals surface area (Å²) in [5, 5.41) is 15.5. The maximum absolute atomic E-state index is 12.5. The highest BCUT2D eigenvalue weighted by Gasteiger charge is 2.54. The van der Waals surface area contributed by atoms with E-state index in [2.05, 4.69) is 10.4 Å². The lowest BCUT2D eigenvalue weighted by Crippen LogP contribution is -2.70. The molecule has 3 heterocycles. The molecule has 2 aliphatic rings. The molecule has 138 valence electrons. The minimum Gasteiger partial charge on any atom is -0.477 e. The minimum atomic E-state index is -1.28. The number of carboxylic acid groups (broad SMARTS) is 1. The average molecular weight is 380 g/mol. The number of carbonyl (C=O) groups is 4. The molecule has 0 bridgehead atoms. The Kier molecular flexibility index (Phi) is 4.72. The molecule has 2 amide bonds. The van der Waals surface area contributed by atoms with Crippen molar-refractivity contribution in [1.82, 2.24) is 20.0 Å².